The Bertz CT molecular complexity index is 774. The van der Waals surface area contributed by atoms with Gasteiger partial charge in [-0.15, -0.1) is 0 Å². The van der Waals surface area contributed by atoms with Crippen LogP contribution in [0.5, 0.6) is 0 Å². The van der Waals surface area contributed by atoms with Gasteiger partial charge in [-0.25, -0.2) is 8.78 Å². The van der Waals surface area contributed by atoms with Gasteiger partial charge in [-0.2, -0.15) is 0 Å². The Hall–Kier alpha value is -2.54. The highest BCUT2D eigenvalue weighted by molar-refractivity contribution is 7.80. The second-order valence-corrected chi connectivity index (χ2v) is 6.08. The number of benzene rings is 2. The van der Waals surface area contributed by atoms with E-state index in [1.54, 1.807) is 18.2 Å². The fourth-order valence-electron chi connectivity index (χ4n) is 2.71. The monoisotopic (exact) mass is 361 g/mol. The van der Waals surface area contributed by atoms with Gasteiger partial charge in [0.05, 0.1) is 5.69 Å². The number of carbonyl (C=O) groups is 1. The third-order valence-electron chi connectivity index (χ3n) is 4.09. The van der Waals surface area contributed by atoms with Crippen LogP contribution in [-0.4, -0.2) is 42.1 Å². The predicted octanol–water partition coefficient (Wildman–Crippen LogP) is 2.80. The first-order valence-electron chi connectivity index (χ1n) is 7.90. The van der Waals surface area contributed by atoms with Crippen LogP contribution in [-0.2, 0) is 0 Å². The van der Waals surface area contributed by atoms with Crippen LogP contribution in [0.15, 0.2) is 48.5 Å². The maximum absolute atomic E-state index is 13.9. The Kier molecular flexibility index (Phi) is 5.23. The number of rotatable bonds is 2. The van der Waals surface area contributed by atoms with Crippen molar-refractivity contribution in [3.8, 4) is 0 Å². The Labute approximate surface area is 150 Å². The van der Waals surface area contributed by atoms with Gasteiger partial charge < -0.3 is 9.80 Å². The third-order valence-corrected chi connectivity index (χ3v) is 4.45. The molecule has 1 aliphatic heterocycles. The number of para-hydroxylation sites is 1. The summed E-state index contributed by atoms with van der Waals surface area (Å²) in [5.74, 6) is -1.02. The molecule has 7 heteroatoms. The van der Waals surface area contributed by atoms with Gasteiger partial charge >= 0.3 is 0 Å². The summed E-state index contributed by atoms with van der Waals surface area (Å²) in [7, 11) is 0. The van der Waals surface area contributed by atoms with E-state index in [4.69, 9.17) is 12.2 Å². The summed E-state index contributed by atoms with van der Waals surface area (Å²) in [6, 6.07) is 11.9. The zero-order valence-corrected chi connectivity index (χ0v) is 14.2. The van der Waals surface area contributed by atoms with Crippen LogP contribution in [0.1, 0.15) is 10.4 Å². The fraction of sp³-hybridized carbons (Fsp3) is 0.222. The zero-order valence-electron chi connectivity index (χ0n) is 13.4. The summed E-state index contributed by atoms with van der Waals surface area (Å²) >= 11 is 5.28. The van der Waals surface area contributed by atoms with E-state index in [1.807, 2.05) is 9.80 Å². The molecule has 0 unspecified atom stereocenters. The van der Waals surface area contributed by atoms with Gasteiger partial charge in [0.15, 0.2) is 5.11 Å². The van der Waals surface area contributed by atoms with Crippen LogP contribution in [0.25, 0.3) is 0 Å². The average molecular weight is 361 g/mol. The Morgan fingerprint density at radius 2 is 1.60 bits per heavy atom. The first-order chi connectivity index (χ1) is 12.0. The molecule has 130 valence electrons. The second-order valence-electron chi connectivity index (χ2n) is 5.69. The lowest BCUT2D eigenvalue weighted by atomic mass is 10.2. The van der Waals surface area contributed by atoms with Gasteiger partial charge in [-0.1, -0.05) is 12.1 Å². The molecule has 0 radical (unpaired) electrons. The minimum absolute atomic E-state index is 0.247. The second kappa shape index (κ2) is 7.57. The molecular formula is C18H17F2N3OS. The minimum atomic E-state index is -0.400. The van der Waals surface area contributed by atoms with Gasteiger partial charge in [0, 0.05) is 31.7 Å². The number of amides is 1. The molecule has 1 heterocycles. The first kappa shape index (κ1) is 17.3. The largest absolute Gasteiger partial charge is 0.366 e. The van der Waals surface area contributed by atoms with E-state index in [1.165, 1.54) is 30.3 Å². The SMILES string of the molecule is O=C(NC(=S)N1CCN(c2ccccc2F)CC1)c1ccc(F)cc1. The van der Waals surface area contributed by atoms with Gasteiger partial charge in [0.2, 0.25) is 0 Å². The van der Waals surface area contributed by atoms with Crippen molar-refractivity contribution in [2.75, 3.05) is 31.1 Å². The number of nitrogens with zero attached hydrogens (tertiary/aromatic N) is 2. The lowest BCUT2D eigenvalue weighted by Gasteiger charge is -2.37. The molecule has 0 aromatic heterocycles. The van der Waals surface area contributed by atoms with E-state index in [-0.39, 0.29) is 11.7 Å². The Morgan fingerprint density at radius 3 is 2.24 bits per heavy atom. The number of anilines is 1. The summed E-state index contributed by atoms with van der Waals surface area (Å²) in [6.07, 6.45) is 0. The number of thiocarbonyl (C=S) groups is 1. The smallest absolute Gasteiger partial charge is 0.257 e. The van der Waals surface area contributed by atoms with Crippen molar-refractivity contribution in [2.45, 2.75) is 0 Å². The normalized spacial score (nSPS) is 14.3. The van der Waals surface area contributed by atoms with Crippen LogP contribution >= 0.6 is 12.2 Å². The Morgan fingerprint density at radius 1 is 0.960 bits per heavy atom. The highest BCUT2D eigenvalue weighted by Gasteiger charge is 2.22. The van der Waals surface area contributed by atoms with Crippen LogP contribution in [0.2, 0.25) is 0 Å². The van der Waals surface area contributed by atoms with Crippen LogP contribution in [0.3, 0.4) is 0 Å². The summed E-state index contributed by atoms with van der Waals surface area (Å²) in [6.45, 7) is 2.37. The number of halogens is 2. The molecule has 2 aromatic carbocycles. The van der Waals surface area contributed by atoms with Crippen molar-refractivity contribution in [3.05, 3.63) is 65.7 Å². The van der Waals surface area contributed by atoms with E-state index in [0.29, 0.717) is 42.5 Å². The molecule has 1 N–H and O–H groups in total. The van der Waals surface area contributed by atoms with E-state index < -0.39 is 5.82 Å². The van der Waals surface area contributed by atoms with Crippen LogP contribution in [0.4, 0.5) is 14.5 Å². The van der Waals surface area contributed by atoms with Crippen molar-refractivity contribution < 1.29 is 13.6 Å². The first-order valence-corrected chi connectivity index (χ1v) is 8.31. The molecule has 4 nitrogen and oxygen atoms in total. The van der Waals surface area contributed by atoms with Crippen LogP contribution in [0, 0.1) is 11.6 Å². The van der Waals surface area contributed by atoms with E-state index >= 15 is 0 Å². The summed E-state index contributed by atoms with van der Waals surface area (Å²) < 4.78 is 26.8. The van der Waals surface area contributed by atoms with Crippen LogP contribution < -0.4 is 10.2 Å². The third kappa shape index (κ3) is 4.11. The van der Waals surface area contributed by atoms with Gasteiger partial charge in [0.25, 0.3) is 5.91 Å². The quantitative estimate of drug-likeness (QED) is 0.835. The Balaban J connectivity index is 1.55. The predicted molar refractivity (Wildman–Crippen MR) is 96.7 cm³/mol. The molecule has 0 bridgehead atoms. The van der Waals surface area contributed by atoms with Gasteiger partial charge in [-0.3, -0.25) is 10.1 Å². The molecule has 0 saturated carbocycles. The number of hydrogen-bond acceptors (Lipinski definition) is 3. The fourth-order valence-corrected chi connectivity index (χ4v) is 2.98. The molecule has 0 spiro atoms. The topological polar surface area (TPSA) is 35.6 Å². The number of piperazine rings is 1. The molecule has 1 aliphatic rings. The number of carbonyl (C=O) groups excluding carboxylic acids is 1. The number of nitrogens with one attached hydrogen (secondary N) is 1. The van der Waals surface area contributed by atoms with Crippen molar-refractivity contribution in [1.29, 1.82) is 0 Å². The molecule has 1 fully saturated rings. The van der Waals surface area contributed by atoms with E-state index in [2.05, 4.69) is 5.32 Å². The van der Waals surface area contributed by atoms with Crippen molar-refractivity contribution in [3.63, 3.8) is 0 Å². The molecule has 2 aromatic rings. The zero-order chi connectivity index (χ0) is 17.8. The summed E-state index contributed by atoms with van der Waals surface area (Å²) in [5.41, 5.74) is 0.914. The lowest BCUT2D eigenvalue weighted by Crippen LogP contribution is -2.52. The average Bonchev–Trinajstić information content (AvgIpc) is 2.63. The van der Waals surface area contributed by atoms with Crippen molar-refractivity contribution in [1.82, 2.24) is 10.2 Å². The molecule has 25 heavy (non-hydrogen) atoms. The summed E-state index contributed by atoms with van der Waals surface area (Å²) in [4.78, 5) is 16.0. The van der Waals surface area contributed by atoms with E-state index in [9.17, 15) is 13.6 Å². The highest BCUT2D eigenvalue weighted by atomic mass is 32.1. The van der Waals surface area contributed by atoms with Gasteiger partial charge in [0.1, 0.15) is 11.6 Å². The molecule has 0 atom stereocenters. The molecule has 1 amide bonds. The lowest BCUT2D eigenvalue weighted by molar-refractivity contribution is 0.0973. The molecule has 3 rings (SSSR count). The number of hydrogen-bond donors (Lipinski definition) is 1. The minimum Gasteiger partial charge on any atom is -0.366 e. The molecule has 1 saturated heterocycles. The maximum Gasteiger partial charge on any atom is 0.257 e. The molecular weight excluding hydrogens is 344 g/mol. The highest BCUT2D eigenvalue weighted by Crippen LogP contribution is 2.20. The summed E-state index contributed by atoms with van der Waals surface area (Å²) in [5, 5.41) is 2.98. The van der Waals surface area contributed by atoms with Crippen molar-refractivity contribution in [2.24, 2.45) is 0 Å². The van der Waals surface area contributed by atoms with E-state index in [0.717, 1.165) is 0 Å². The maximum atomic E-state index is 13.9. The standard InChI is InChI=1S/C18H17F2N3OS/c19-14-7-5-13(6-8-14)17(24)21-18(25)23-11-9-22(10-12-23)16-4-2-1-3-15(16)20/h1-8H,9-12H2,(H,21,24,25). The molecule has 0 aliphatic carbocycles. The van der Waals surface area contributed by atoms with Crippen molar-refractivity contribution >= 4 is 28.9 Å². The van der Waals surface area contributed by atoms with Gasteiger partial charge in [-0.05, 0) is 48.6 Å².